The number of carbonyl (C=O) groups excluding carboxylic acids is 1. The summed E-state index contributed by atoms with van der Waals surface area (Å²) in [5.74, 6) is 0.955. The van der Waals surface area contributed by atoms with Crippen molar-refractivity contribution in [2.75, 3.05) is 11.9 Å². The van der Waals surface area contributed by atoms with Crippen molar-refractivity contribution in [3.8, 4) is 0 Å². The summed E-state index contributed by atoms with van der Waals surface area (Å²) in [6.07, 6.45) is 5.20. The van der Waals surface area contributed by atoms with Crippen LogP contribution in [0.3, 0.4) is 0 Å². The molecule has 1 amide bonds. The lowest BCUT2D eigenvalue weighted by Crippen LogP contribution is -2.35. The maximum absolute atomic E-state index is 12.3. The van der Waals surface area contributed by atoms with E-state index in [9.17, 15) is 4.79 Å². The maximum Gasteiger partial charge on any atom is 0.229 e. The fourth-order valence-corrected chi connectivity index (χ4v) is 3.72. The molecular formula is C14H24N4OS. The zero-order valence-electron chi connectivity index (χ0n) is 12.3. The molecule has 1 fully saturated rings. The van der Waals surface area contributed by atoms with Crippen molar-refractivity contribution in [3.05, 3.63) is 5.01 Å². The molecule has 0 aromatic carbocycles. The Kier molecular flexibility index (Phi) is 5.48. The van der Waals surface area contributed by atoms with Gasteiger partial charge in [-0.2, -0.15) is 0 Å². The quantitative estimate of drug-likeness (QED) is 0.874. The van der Waals surface area contributed by atoms with Gasteiger partial charge in [-0.15, -0.1) is 10.2 Å². The molecule has 1 aliphatic carbocycles. The first kappa shape index (κ1) is 15.4. The predicted molar refractivity (Wildman–Crippen MR) is 81.6 cm³/mol. The predicted octanol–water partition coefficient (Wildman–Crippen LogP) is 2.44. The van der Waals surface area contributed by atoms with Gasteiger partial charge in [0.25, 0.3) is 0 Å². The third-order valence-electron chi connectivity index (χ3n) is 3.83. The van der Waals surface area contributed by atoms with E-state index >= 15 is 0 Å². The smallest absolute Gasteiger partial charge is 0.229 e. The molecule has 1 aliphatic rings. The Morgan fingerprint density at radius 3 is 2.85 bits per heavy atom. The maximum atomic E-state index is 12.3. The molecule has 0 aliphatic heterocycles. The molecule has 1 aromatic rings. The summed E-state index contributed by atoms with van der Waals surface area (Å²) in [6.45, 7) is 4.88. The van der Waals surface area contributed by atoms with Gasteiger partial charge in [0, 0.05) is 12.3 Å². The van der Waals surface area contributed by atoms with Crippen molar-refractivity contribution in [2.45, 2.75) is 46.0 Å². The topological polar surface area (TPSA) is 80.9 Å². The number of aromatic nitrogens is 2. The van der Waals surface area contributed by atoms with Crippen molar-refractivity contribution in [2.24, 2.45) is 23.5 Å². The van der Waals surface area contributed by atoms with E-state index in [0.29, 0.717) is 23.5 Å². The molecule has 5 nitrogen and oxygen atoms in total. The SMILES string of the molecule is CC(C)Cc1nnc(NC(=O)C2CCCCC2CN)s1. The summed E-state index contributed by atoms with van der Waals surface area (Å²) in [6, 6.07) is 0. The number of hydrogen-bond donors (Lipinski definition) is 2. The fraction of sp³-hybridized carbons (Fsp3) is 0.786. The molecule has 3 N–H and O–H groups in total. The van der Waals surface area contributed by atoms with E-state index in [-0.39, 0.29) is 11.8 Å². The first-order valence-corrected chi connectivity index (χ1v) is 8.25. The Hall–Kier alpha value is -1.01. The number of carbonyl (C=O) groups is 1. The van der Waals surface area contributed by atoms with E-state index < -0.39 is 0 Å². The van der Waals surface area contributed by atoms with Gasteiger partial charge in [-0.05, 0) is 31.2 Å². The van der Waals surface area contributed by atoms with Gasteiger partial charge in [0.2, 0.25) is 11.0 Å². The average Bonchev–Trinajstić information content (AvgIpc) is 2.85. The minimum absolute atomic E-state index is 0.0335. The molecule has 2 unspecified atom stereocenters. The van der Waals surface area contributed by atoms with Crippen LogP contribution in [0.5, 0.6) is 0 Å². The number of rotatable bonds is 5. The largest absolute Gasteiger partial charge is 0.330 e. The van der Waals surface area contributed by atoms with Crippen LogP contribution in [0.15, 0.2) is 0 Å². The van der Waals surface area contributed by atoms with Crippen LogP contribution in [0.4, 0.5) is 5.13 Å². The van der Waals surface area contributed by atoms with Crippen LogP contribution in [-0.4, -0.2) is 22.6 Å². The number of nitrogens with zero attached hydrogens (tertiary/aromatic N) is 2. The highest BCUT2D eigenvalue weighted by molar-refractivity contribution is 7.15. The van der Waals surface area contributed by atoms with E-state index in [1.807, 2.05) is 0 Å². The second-order valence-electron chi connectivity index (χ2n) is 5.97. The second kappa shape index (κ2) is 7.13. The molecule has 0 spiro atoms. The van der Waals surface area contributed by atoms with E-state index in [4.69, 9.17) is 5.73 Å². The van der Waals surface area contributed by atoms with Crippen molar-refractivity contribution in [3.63, 3.8) is 0 Å². The molecule has 20 heavy (non-hydrogen) atoms. The van der Waals surface area contributed by atoms with Crippen molar-refractivity contribution >= 4 is 22.4 Å². The monoisotopic (exact) mass is 296 g/mol. The molecule has 0 radical (unpaired) electrons. The van der Waals surface area contributed by atoms with Gasteiger partial charge in [-0.1, -0.05) is 38.0 Å². The van der Waals surface area contributed by atoms with Crippen molar-refractivity contribution in [1.29, 1.82) is 0 Å². The molecule has 1 saturated carbocycles. The van der Waals surface area contributed by atoms with E-state index in [0.717, 1.165) is 30.7 Å². The van der Waals surface area contributed by atoms with Crippen LogP contribution >= 0.6 is 11.3 Å². The Bertz CT molecular complexity index is 446. The molecular weight excluding hydrogens is 272 g/mol. The number of nitrogens with two attached hydrogens (primary N) is 1. The summed E-state index contributed by atoms with van der Waals surface area (Å²) in [5, 5.41) is 12.7. The number of amides is 1. The van der Waals surface area contributed by atoms with Gasteiger partial charge >= 0.3 is 0 Å². The third kappa shape index (κ3) is 3.99. The van der Waals surface area contributed by atoms with Gasteiger partial charge in [-0.25, -0.2) is 0 Å². The van der Waals surface area contributed by atoms with Crippen LogP contribution in [0, 0.1) is 17.8 Å². The summed E-state index contributed by atoms with van der Waals surface area (Å²) in [4.78, 5) is 12.3. The van der Waals surface area contributed by atoms with Gasteiger partial charge < -0.3 is 11.1 Å². The first-order valence-electron chi connectivity index (χ1n) is 7.43. The molecule has 0 bridgehead atoms. The summed E-state index contributed by atoms with van der Waals surface area (Å²) in [5.41, 5.74) is 5.78. The Labute approximate surface area is 124 Å². The Morgan fingerprint density at radius 2 is 2.15 bits per heavy atom. The van der Waals surface area contributed by atoms with E-state index in [1.165, 1.54) is 17.8 Å². The molecule has 1 aromatic heterocycles. The number of hydrogen-bond acceptors (Lipinski definition) is 5. The Morgan fingerprint density at radius 1 is 1.40 bits per heavy atom. The first-order chi connectivity index (χ1) is 9.60. The van der Waals surface area contributed by atoms with Crippen LogP contribution in [0.2, 0.25) is 0 Å². The molecule has 1 heterocycles. The van der Waals surface area contributed by atoms with Gasteiger partial charge in [-0.3, -0.25) is 4.79 Å². The highest BCUT2D eigenvalue weighted by atomic mass is 32.1. The van der Waals surface area contributed by atoms with Crippen molar-refractivity contribution < 1.29 is 4.79 Å². The molecule has 6 heteroatoms. The average molecular weight is 296 g/mol. The highest BCUT2D eigenvalue weighted by Gasteiger charge is 2.30. The van der Waals surface area contributed by atoms with Crippen LogP contribution in [-0.2, 0) is 11.2 Å². The lowest BCUT2D eigenvalue weighted by molar-refractivity contribution is -0.122. The van der Waals surface area contributed by atoms with E-state index in [1.54, 1.807) is 0 Å². The molecule has 112 valence electrons. The number of anilines is 1. The van der Waals surface area contributed by atoms with Gasteiger partial charge in [0.1, 0.15) is 5.01 Å². The minimum Gasteiger partial charge on any atom is -0.330 e. The molecule has 2 atom stereocenters. The zero-order valence-corrected chi connectivity index (χ0v) is 13.1. The normalized spacial score (nSPS) is 23.0. The van der Waals surface area contributed by atoms with Gasteiger partial charge in [0.05, 0.1) is 0 Å². The summed E-state index contributed by atoms with van der Waals surface area (Å²) in [7, 11) is 0. The summed E-state index contributed by atoms with van der Waals surface area (Å²) >= 11 is 1.48. The van der Waals surface area contributed by atoms with Crippen molar-refractivity contribution in [1.82, 2.24) is 10.2 Å². The Balaban J connectivity index is 1.94. The lowest BCUT2D eigenvalue weighted by atomic mass is 9.79. The minimum atomic E-state index is 0.0335. The van der Waals surface area contributed by atoms with Crippen LogP contribution in [0.1, 0.15) is 44.5 Å². The second-order valence-corrected chi connectivity index (χ2v) is 7.04. The fourth-order valence-electron chi connectivity index (χ4n) is 2.77. The van der Waals surface area contributed by atoms with E-state index in [2.05, 4.69) is 29.4 Å². The standard InChI is InChI=1S/C14H24N4OS/c1-9(2)7-12-17-18-14(20-12)16-13(19)11-6-4-3-5-10(11)8-15/h9-11H,3-8,15H2,1-2H3,(H,16,18,19). The van der Waals surface area contributed by atoms with Gasteiger partial charge in [0.15, 0.2) is 0 Å². The highest BCUT2D eigenvalue weighted by Crippen LogP contribution is 2.30. The lowest BCUT2D eigenvalue weighted by Gasteiger charge is -2.29. The number of nitrogens with one attached hydrogen (secondary N) is 1. The van der Waals surface area contributed by atoms with Crippen LogP contribution in [0.25, 0.3) is 0 Å². The summed E-state index contributed by atoms with van der Waals surface area (Å²) < 4.78 is 0. The zero-order chi connectivity index (χ0) is 14.5. The molecule has 2 rings (SSSR count). The molecule has 0 saturated heterocycles. The third-order valence-corrected chi connectivity index (χ3v) is 4.69. The van der Waals surface area contributed by atoms with Crippen LogP contribution < -0.4 is 11.1 Å².